The van der Waals surface area contributed by atoms with Crippen LogP contribution in [-0.4, -0.2) is 0 Å². The molecule has 2 heteroatoms. The molecular weight excluding hydrogens is 203 g/mol. The smallest absolute Gasteiger partial charge is 0.0423 e. The molecule has 1 unspecified atom stereocenters. The first kappa shape index (κ1) is 10.9. The lowest BCUT2D eigenvalue weighted by molar-refractivity contribution is 0.714. The molecule has 0 aliphatic rings. The molecule has 0 aliphatic heterocycles. The Hall–Kier alpha value is -0.200. The minimum Gasteiger partial charge on any atom is -0.0843 e. The van der Waals surface area contributed by atoms with Gasteiger partial charge in [-0.2, -0.15) is 0 Å². The molecule has 1 rings (SSSR count). The van der Waals surface area contributed by atoms with E-state index in [0.717, 1.165) is 18.4 Å². The summed E-state index contributed by atoms with van der Waals surface area (Å²) >= 11 is 11.8. The van der Waals surface area contributed by atoms with Crippen molar-refractivity contribution in [2.24, 2.45) is 0 Å². The Labute approximate surface area is 89.9 Å². The summed E-state index contributed by atoms with van der Waals surface area (Å²) < 4.78 is 0. The molecule has 71 valence electrons. The fraction of sp³-hybridized carbons (Fsp3) is 0.364. The second-order valence-electron chi connectivity index (χ2n) is 3.19. The van der Waals surface area contributed by atoms with Gasteiger partial charge in [0, 0.05) is 10.0 Å². The summed E-state index contributed by atoms with van der Waals surface area (Å²) in [6.07, 6.45) is 2.19. The Kier molecular flexibility index (Phi) is 4.08. The molecule has 0 heterocycles. The molecule has 0 amide bonds. The van der Waals surface area contributed by atoms with Gasteiger partial charge in [-0.3, -0.25) is 0 Å². The third-order valence-corrected chi connectivity index (χ3v) is 2.43. The van der Waals surface area contributed by atoms with Gasteiger partial charge in [0.15, 0.2) is 0 Å². The zero-order valence-electron chi connectivity index (χ0n) is 7.69. The van der Waals surface area contributed by atoms with Gasteiger partial charge in [0.1, 0.15) is 0 Å². The van der Waals surface area contributed by atoms with E-state index >= 15 is 0 Å². The highest BCUT2D eigenvalue weighted by Crippen LogP contribution is 2.26. The zero-order valence-corrected chi connectivity index (χ0v) is 9.20. The van der Waals surface area contributed by atoms with Crippen molar-refractivity contribution in [2.75, 3.05) is 0 Å². The Morgan fingerprint density at radius 1 is 1.23 bits per heavy atom. The van der Waals surface area contributed by atoms with Crippen LogP contribution < -0.4 is 0 Å². The van der Waals surface area contributed by atoms with Crippen molar-refractivity contribution >= 4 is 23.2 Å². The van der Waals surface area contributed by atoms with Crippen LogP contribution >= 0.6 is 23.2 Å². The molecule has 0 N–H and O–H groups in total. The first-order valence-electron chi connectivity index (χ1n) is 4.42. The lowest BCUT2D eigenvalue weighted by atomic mass is 9.97. The van der Waals surface area contributed by atoms with E-state index in [1.54, 1.807) is 6.07 Å². The van der Waals surface area contributed by atoms with Gasteiger partial charge >= 0.3 is 0 Å². The summed E-state index contributed by atoms with van der Waals surface area (Å²) in [7, 11) is 0. The highest BCUT2D eigenvalue weighted by Gasteiger charge is 2.06. The van der Waals surface area contributed by atoms with E-state index in [1.807, 2.05) is 12.1 Å². The summed E-state index contributed by atoms with van der Waals surface area (Å²) in [5.74, 6) is 0.293. The topological polar surface area (TPSA) is 0 Å². The molecule has 13 heavy (non-hydrogen) atoms. The Morgan fingerprint density at radius 3 is 2.23 bits per heavy atom. The zero-order chi connectivity index (χ0) is 9.84. The minimum absolute atomic E-state index is 0.293. The van der Waals surface area contributed by atoms with Crippen LogP contribution in [0.5, 0.6) is 0 Å². The van der Waals surface area contributed by atoms with Crippen molar-refractivity contribution in [3.8, 4) is 0 Å². The molecular formula is C11H13Cl2. The van der Waals surface area contributed by atoms with Gasteiger partial charge in [0.05, 0.1) is 0 Å². The molecule has 1 aromatic rings. The SMILES string of the molecule is [CH2]C(CCC)c1cc(Cl)cc(Cl)c1. The fourth-order valence-corrected chi connectivity index (χ4v) is 1.87. The second-order valence-corrected chi connectivity index (χ2v) is 4.06. The number of hydrogen-bond donors (Lipinski definition) is 0. The molecule has 0 aliphatic carbocycles. The standard InChI is InChI=1S/C11H13Cl2/c1-3-4-8(2)9-5-10(12)7-11(13)6-9/h5-8H,2-4H2,1H3. The van der Waals surface area contributed by atoms with E-state index < -0.39 is 0 Å². The van der Waals surface area contributed by atoms with E-state index in [2.05, 4.69) is 13.8 Å². The van der Waals surface area contributed by atoms with Crippen molar-refractivity contribution in [1.29, 1.82) is 0 Å². The summed E-state index contributed by atoms with van der Waals surface area (Å²) in [6.45, 7) is 6.21. The lowest BCUT2D eigenvalue weighted by Gasteiger charge is -2.10. The molecule has 0 bridgehead atoms. The van der Waals surface area contributed by atoms with Gasteiger partial charge in [-0.25, -0.2) is 0 Å². The van der Waals surface area contributed by atoms with E-state index in [0.29, 0.717) is 16.0 Å². The van der Waals surface area contributed by atoms with Gasteiger partial charge in [0.2, 0.25) is 0 Å². The molecule has 0 saturated carbocycles. The predicted molar refractivity (Wildman–Crippen MR) is 59.5 cm³/mol. The third kappa shape index (κ3) is 3.21. The maximum Gasteiger partial charge on any atom is 0.0423 e. The van der Waals surface area contributed by atoms with Crippen LogP contribution in [0.15, 0.2) is 18.2 Å². The van der Waals surface area contributed by atoms with Crippen LogP contribution in [0.4, 0.5) is 0 Å². The van der Waals surface area contributed by atoms with Crippen molar-refractivity contribution in [2.45, 2.75) is 25.7 Å². The van der Waals surface area contributed by atoms with Crippen molar-refractivity contribution in [3.63, 3.8) is 0 Å². The van der Waals surface area contributed by atoms with Crippen LogP contribution in [0.1, 0.15) is 31.2 Å². The van der Waals surface area contributed by atoms with Crippen molar-refractivity contribution in [1.82, 2.24) is 0 Å². The lowest BCUT2D eigenvalue weighted by Crippen LogP contribution is -1.92. The van der Waals surface area contributed by atoms with Gasteiger partial charge in [-0.05, 0) is 43.0 Å². The van der Waals surface area contributed by atoms with E-state index in [1.165, 1.54) is 0 Å². The largest absolute Gasteiger partial charge is 0.0843 e. The third-order valence-electron chi connectivity index (χ3n) is 1.99. The highest BCUT2D eigenvalue weighted by molar-refractivity contribution is 6.34. The van der Waals surface area contributed by atoms with Crippen molar-refractivity contribution < 1.29 is 0 Å². The quantitative estimate of drug-likeness (QED) is 0.686. The van der Waals surface area contributed by atoms with E-state index in [4.69, 9.17) is 23.2 Å². The summed E-state index contributed by atoms with van der Waals surface area (Å²) in [6, 6.07) is 5.60. The normalized spacial score (nSPS) is 12.9. The van der Waals surface area contributed by atoms with Crippen LogP contribution in [0.2, 0.25) is 10.0 Å². The first-order valence-corrected chi connectivity index (χ1v) is 5.18. The number of rotatable bonds is 3. The number of hydrogen-bond acceptors (Lipinski definition) is 0. The predicted octanol–water partition coefficient (Wildman–Crippen LogP) is 4.71. The number of benzene rings is 1. The van der Waals surface area contributed by atoms with Crippen LogP contribution in [0.3, 0.4) is 0 Å². The fourth-order valence-electron chi connectivity index (χ4n) is 1.33. The monoisotopic (exact) mass is 215 g/mol. The van der Waals surface area contributed by atoms with E-state index in [9.17, 15) is 0 Å². The van der Waals surface area contributed by atoms with Gasteiger partial charge in [0.25, 0.3) is 0 Å². The first-order chi connectivity index (χ1) is 6.13. The molecule has 0 fully saturated rings. The highest BCUT2D eigenvalue weighted by atomic mass is 35.5. The van der Waals surface area contributed by atoms with Crippen LogP contribution in [0.25, 0.3) is 0 Å². The minimum atomic E-state index is 0.293. The maximum absolute atomic E-state index is 5.88. The van der Waals surface area contributed by atoms with Crippen LogP contribution in [0, 0.1) is 6.92 Å². The molecule has 0 aromatic heterocycles. The molecule has 0 saturated heterocycles. The summed E-state index contributed by atoms with van der Waals surface area (Å²) in [4.78, 5) is 0. The molecule has 0 nitrogen and oxygen atoms in total. The average Bonchev–Trinajstić information content (AvgIpc) is 2.03. The molecule has 0 spiro atoms. The van der Waals surface area contributed by atoms with Crippen LogP contribution in [-0.2, 0) is 0 Å². The molecule has 1 aromatic carbocycles. The van der Waals surface area contributed by atoms with Gasteiger partial charge in [-0.15, -0.1) is 0 Å². The Bertz CT molecular complexity index is 261. The van der Waals surface area contributed by atoms with E-state index in [-0.39, 0.29) is 0 Å². The molecule has 1 radical (unpaired) electrons. The van der Waals surface area contributed by atoms with Gasteiger partial charge in [-0.1, -0.05) is 36.5 Å². The molecule has 1 atom stereocenters. The second kappa shape index (κ2) is 4.88. The maximum atomic E-state index is 5.88. The Morgan fingerprint density at radius 2 is 1.77 bits per heavy atom. The average molecular weight is 216 g/mol. The van der Waals surface area contributed by atoms with Gasteiger partial charge < -0.3 is 0 Å². The summed E-state index contributed by atoms with van der Waals surface area (Å²) in [5.41, 5.74) is 1.12. The number of halogens is 2. The summed E-state index contributed by atoms with van der Waals surface area (Å²) in [5, 5.41) is 1.37. The van der Waals surface area contributed by atoms with Crippen molar-refractivity contribution in [3.05, 3.63) is 40.7 Å². The Balaban J connectivity index is 2.87.